The molecule has 0 saturated heterocycles. The van der Waals surface area contributed by atoms with Gasteiger partial charge in [-0.05, 0) is 37.5 Å². The summed E-state index contributed by atoms with van der Waals surface area (Å²) < 4.78 is 5.35. The van der Waals surface area contributed by atoms with E-state index >= 15 is 0 Å². The van der Waals surface area contributed by atoms with Crippen molar-refractivity contribution >= 4 is 11.5 Å². The number of nitro groups is 1. The molecular weight excluding hydrogens is 282 g/mol. The zero-order valence-corrected chi connectivity index (χ0v) is 12.9. The number of ether oxygens (including phenoxy) is 1. The van der Waals surface area contributed by atoms with Crippen LogP contribution >= 0.6 is 0 Å². The third-order valence-corrected chi connectivity index (χ3v) is 3.40. The van der Waals surface area contributed by atoms with Gasteiger partial charge in [0, 0.05) is 12.6 Å². The van der Waals surface area contributed by atoms with E-state index in [1.165, 1.54) is 17.8 Å². The minimum absolute atomic E-state index is 0.00315. The maximum Gasteiger partial charge on any atom is 0.287 e. The minimum Gasteiger partial charge on any atom is -0.496 e. The number of benzene rings is 1. The lowest BCUT2D eigenvalue weighted by Crippen LogP contribution is -2.09. The molecule has 1 N–H and O–H groups in total. The van der Waals surface area contributed by atoms with Crippen LogP contribution in [0.5, 0.6) is 5.75 Å². The van der Waals surface area contributed by atoms with Crippen molar-refractivity contribution in [3.63, 3.8) is 0 Å². The highest BCUT2D eigenvalue weighted by Gasteiger charge is 2.09. The largest absolute Gasteiger partial charge is 0.496 e. The molecule has 0 bridgehead atoms. The van der Waals surface area contributed by atoms with Gasteiger partial charge >= 0.3 is 0 Å². The lowest BCUT2D eigenvalue weighted by atomic mass is 10.1. The van der Waals surface area contributed by atoms with Crippen LogP contribution in [0.1, 0.15) is 16.7 Å². The Bertz CT molecular complexity index is 686. The summed E-state index contributed by atoms with van der Waals surface area (Å²) >= 11 is 0. The molecule has 1 heterocycles. The molecule has 1 aromatic carbocycles. The van der Waals surface area contributed by atoms with Gasteiger partial charge in [0.05, 0.1) is 12.0 Å². The molecule has 22 heavy (non-hydrogen) atoms. The maximum atomic E-state index is 10.7. The molecule has 0 unspecified atom stereocenters. The van der Waals surface area contributed by atoms with Gasteiger partial charge in [-0.15, -0.1) is 0 Å². The van der Waals surface area contributed by atoms with Crippen LogP contribution in [0.2, 0.25) is 0 Å². The van der Waals surface area contributed by atoms with Crippen LogP contribution in [-0.2, 0) is 6.42 Å². The summed E-state index contributed by atoms with van der Waals surface area (Å²) in [6.07, 6.45) is 2.05. The molecule has 6 heteroatoms. The highest BCUT2D eigenvalue weighted by atomic mass is 16.6. The van der Waals surface area contributed by atoms with Gasteiger partial charge in [0.25, 0.3) is 5.69 Å². The van der Waals surface area contributed by atoms with Crippen LogP contribution in [-0.4, -0.2) is 23.6 Å². The first-order valence-corrected chi connectivity index (χ1v) is 6.99. The molecule has 0 fully saturated rings. The SMILES string of the molecule is COc1ccc(C)cc1CCNc1ncc([N+](=O)[O-])cc1C. The van der Waals surface area contributed by atoms with Crippen LogP contribution in [0.25, 0.3) is 0 Å². The molecule has 6 nitrogen and oxygen atoms in total. The highest BCUT2D eigenvalue weighted by Crippen LogP contribution is 2.21. The normalized spacial score (nSPS) is 10.3. The Kier molecular flexibility index (Phi) is 4.93. The highest BCUT2D eigenvalue weighted by molar-refractivity contribution is 5.48. The quantitative estimate of drug-likeness (QED) is 0.654. The number of hydrogen-bond acceptors (Lipinski definition) is 5. The molecule has 0 spiro atoms. The number of rotatable bonds is 6. The fraction of sp³-hybridized carbons (Fsp3) is 0.312. The second-order valence-electron chi connectivity index (χ2n) is 5.11. The van der Waals surface area contributed by atoms with Crippen LogP contribution in [0.15, 0.2) is 30.5 Å². The first kappa shape index (κ1) is 15.8. The molecule has 0 aliphatic rings. The van der Waals surface area contributed by atoms with Crippen molar-refractivity contribution in [2.45, 2.75) is 20.3 Å². The van der Waals surface area contributed by atoms with Gasteiger partial charge in [-0.25, -0.2) is 4.98 Å². The second-order valence-corrected chi connectivity index (χ2v) is 5.11. The summed E-state index contributed by atoms with van der Waals surface area (Å²) in [4.78, 5) is 14.4. The predicted molar refractivity (Wildman–Crippen MR) is 85.6 cm³/mol. The van der Waals surface area contributed by atoms with Gasteiger partial charge in [-0.1, -0.05) is 17.7 Å². The number of hydrogen-bond donors (Lipinski definition) is 1. The fourth-order valence-electron chi connectivity index (χ4n) is 2.26. The van der Waals surface area contributed by atoms with Crippen LogP contribution in [0.4, 0.5) is 11.5 Å². The molecule has 1 aromatic heterocycles. The fourth-order valence-corrected chi connectivity index (χ4v) is 2.26. The number of methoxy groups -OCH3 is 1. The van der Waals surface area contributed by atoms with Gasteiger partial charge in [0.1, 0.15) is 17.8 Å². The van der Waals surface area contributed by atoms with Crippen LogP contribution in [0.3, 0.4) is 0 Å². The molecule has 0 atom stereocenters. The van der Waals surface area contributed by atoms with Crippen molar-refractivity contribution < 1.29 is 9.66 Å². The topological polar surface area (TPSA) is 77.3 Å². The standard InChI is InChI=1S/C16H19N3O3/c1-11-4-5-15(22-3)13(8-11)6-7-17-16-12(2)9-14(10-18-16)19(20)21/h4-5,8-10H,6-7H2,1-3H3,(H,17,18). The zero-order valence-electron chi connectivity index (χ0n) is 12.9. The molecule has 0 saturated carbocycles. The first-order chi connectivity index (χ1) is 10.5. The Balaban J connectivity index is 2.02. The Morgan fingerprint density at radius 3 is 2.73 bits per heavy atom. The summed E-state index contributed by atoms with van der Waals surface area (Å²) in [5.74, 6) is 1.53. The van der Waals surface area contributed by atoms with E-state index < -0.39 is 4.92 Å². The lowest BCUT2D eigenvalue weighted by Gasteiger charge is -2.11. The van der Waals surface area contributed by atoms with Crippen molar-refractivity contribution in [1.29, 1.82) is 0 Å². The van der Waals surface area contributed by atoms with Gasteiger partial charge < -0.3 is 10.1 Å². The maximum absolute atomic E-state index is 10.7. The summed E-state index contributed by atoms with van der Waals surface area (Å²) in [6, 6.07) is 7.58. The molecule has 0 aliphatic carbocycles. The smallest absolute Gasteiger partial charge is 0.287 e. The molecular formula is C16H19N3O3. The molecule has 0 radical (unpaired) electrons. The van der Waals surface area contributed by atoms with Gasteiger partial charge in [0.15, 0.2) is 0 Å². The molecule has 0 amide bonds. The summed E-state index contributed by atoms with van der Waals surface area (Å²) in [7, 11) is 1.66. The van der Waals surface area contributed by atoms with E-state index in [-0.39, 0.29) is 5.69 Å². The zero-order chi connectivity index (χ0) is 16.1. The number of aromatic nitrogens is 1. The predicted octanol–water partition coefficient (Wildman–Crippen LogP) is 3.27. The number of nitrogens with zero attached hydrogens (tertiary/aromatic N) is 2. The van der Waals surface area contributed by atoms with Crippen molar-refractivity contribution in [2.24, 2.45) is 0 Å². The first-order valence-electron chi connectivity index (χ1n) is 6.99. The number of nitrogens with one attached hydrogen (secondary N) is 1. The Labute approximate surface area is 129 Å². The van der Waals surface area contributed by atoms with Gasteiger partial charge in [-0.3, -0.25) is 10.1 Å². The van der Waals surface area contributed by atoms with Crippen LogP contribution < -0.4 is 10.1 Å². The van der Waals surface area contributed by atoms with Crippen LogP contribution in [0, 0.1) is 24.0 Å². The van der Waals surface area contributed by atoms with Crippen molar-refractivity contribution in [1.82, 2.24) is 4.98 Å². The third-order valence-electron chi connectivity index (χ3n) is 3.40. The minimum atomic E-state index is -0.443. The van der Waals surface area contributed by atoms with Crippen molar-refractivity contribution in [3.05, 3.63) is 57.3 Å². The Morgan fingerprint density at radius 2 is 2.09 bits per heavy atom. The summed E-state index contributed by atoms with van der Waals surface area (Å²) in [5, 5.41) is 13.9. The average Bonchev–Trinajstić information content (AvgIpc) is 2.49. The Hall–Kier alpha value is -2.63. The number of anilines is 1. The average molecular weight is 301 g/mol. The molecule has 0 aliphatic heterocycles. The molecule has 2 rings (SSSR count). The van der Waals surface area contributed by atoms with Crippen molar-refractivity contribution in [2.75, 3.05) is 19.0 Å². The van der Waals surface area contributed by atoms with E-state index in [1.807, 2.05) is 19.1 Å². The lowest BCUT2D eigenvalue weighted by molar-refractivity contribution is -0.385. The number of aryl methyl sites for hydroxylation is 2. The molecule has 2 aromatic rings. The third kappa shape index (κ3) is 3.72. The molecule has 116 valence electrons. The summed E-state index contributed by atoms with van der Waals surface area (Å²) in [6.45, 7) is 4.51. The van der Waals surface area contributed by atoms with E-state index in [4.69, 9.17) is 4.74 Å². The van der Waals surface area contributed by atoms with E-state index in [0.717, 1.165) is 23.3 Å². The number of pyridine rings is 1. The summed E-state index contributed by atoms with van der Waals surface area (Å²) in [5.41, 5.74) is 3.06. The van der Waals surface area contributed by atoms with E-state index in [2.05, 4.69) is 16.4 Å². The second kappa shape index (κ2) is 6.89. The van der Waals surface area contributed by atoms with E-state index in [1.54, 1.807) is 14.0 Å². The van der Waals surface area contributed by atoms with E-state index in [9.17, 15) is 10.1 Å². The Morgan fingerprint density at radius 1 is 1.32 bits per heavy atom. The van der Waals surface area contributed by atoms with Gasteiger partial charge in [-0.2, -0.15) is 0 Å². The van der Waals surface area contributed by atoms with E-state index in [0.29, 0.717) is 12.4 Å². The van der Waals surface area contributed by atoms with Crippen molar-refractivity contribution in [3.8, 4) is 5.75 Å². The monoisotopic (exact) mass is 301 g/mol. The van der Waals surface area contributed by atoms with Gasteiger partial charge in [0.2, 0.25) is 0 Å².